The Hall–Kier alpha value is -0.610. The minimum absolute atomic E-state index is 0.190. The van der Waals surface area contributed by atoms with E-state index in [-0.39, 0.29) is 11.7 Å². The lowest BCUT2D eigenvalue weighted by atomic mass is 9.95. The third kappa shape index (κ3) is 2.40. The van der Waals surface area contributed by atoms with Crippen molar-refractivity contribution in [2.45, 2.75) is 57.2 Å². The maximum Gasteiger partial charge on any atom is 0.244 e. The van der Waals surface area contributed by atoms with Gasteiger partial charge in [0.25, 0.3) is 0 Å². The second-order valence-electron chi connectivity index (χ2n) is 6.81. The van der Waals surface area contributed by atoms with Crippen LogP contribution in [-0.2, 0) is 4.79 Å². The number of piperidine rings is 1. The van der Waals surface area contributed by atoms with Gasteiger partial charge in [-0.1, -0.05) is 12.8 Å². The lowest BCUT2D eigenvalue weighted by molar-refractivity contribution is -0.133. The first-order valence-corrected chi connectivity index (χ1v) is 7.88. The Bertz CT molecular complexity index is 343. The van der Waals surface area contributed by atoms with Crippen molar-refractivity contribution < 1.29 is 4.79 Å². The van der Waals surface area contributed by atoms with Crippen LogP contribution in [0.5, 0.6) is 0 Å². The van der Waals surface area contributed by atoms with E-state index in [1.165, 1.54) is 38.8 Å². The highest BCUT2D eigenvalue weighted by atomic mass is 16.2. The molecule has 0 aromatic rings. The largest absolute Gasteiger partial charge is 0.326 e. The van der Waals surface area contributed by atoms with Crippen molar-refractivity contribution in [2.75, 3.05) is 26.7 Å². The van der Waals surface area contributed by atoms with Crippen molar-refractivity contribution >= 4 is 5.91 Å². The first-order chi connectivity index (χ1) is 9.11. The molecule has 1 amide bonds. The van der Waals surface area contributed by atoms with Crippen LogP contribution in [0.2, 0.25) is 0 Å². The van der Waals surface area contributed by atoms with Crippen LogP contribution in [0, 0.1) is 5.92 Å². The monoisotopic (exact) mass is 265 g/mol. The average molecular weight is 265 g/mol. The Morgan fingerprint density at radius 2 is 1.89 bits per heavy atom. The van der Waals surface area contributed by atoms with Crippen molar-refractivity contribution in [2.24, 2.45) is 5.92 Å². The zero-order chi connectivity index (χ0) is 13.5. The molecular formula is C15H27N3O. The number of nitrogens with zero attached hydrogens (tertiary/aromatic N) is 2. The molecule has 2 saturated heterocycles. The molecule has 3 fully saturated rings. The molecule has 3 rings (SSSR count). The molecule has 2 heterocycles. The van der Waals surface area contributed by atoms with E-state index in [9.17, 15) is 4.79 Å². The molecule has 108 valence electrons. The molecule has 4 heteroatoms. The third-order valence-corrected chi connectivity index (χ3v) is 5.37. The van der Waals surface area contributed by atoms with Crippen molar-refractivity contribution in [3.05, 3.63) is 0 Å². The summed E-state index contributed by atoms with van der Waals surface area (Å²) in [6, 6.07) is 0. The van der Waals surface area contributed by atoms with E-state index in [1.807, 2.05) is 0 Å². The first kappa shape index (κ1) is 13.4. The van der Waals surface area contributed by atoms with E-state index in [0.717, 1.165) is 19.4 Å². The Labute approximate surface area is 116 Å². The van der Waals surface area contributed by atoms with Gasteiger partial charge in [-0.25, -0.2) is 0 Å². The molecule has 1 saturated carbocycles. The summed E-state index contributed by atoms with van der Waals surface area (Å²) in [6.45, 7) is 5.47. The van der Waals surface area contributed by atoms with Crippen LogP contribution < -0.4 is 5.32 Å². The van der Waals surface area contributed by atoms with E-state index in [0.29, 0.717) is 11.8 Å². The van der Waals surface area contributed by atoms with E-state index in [4.69, 9.17) is 0 Å². The van der Waals surface area contributed by atoms with Gasteiger partial charge >= 0.3 is 0 Å². The number of nitrogens with one attached hydrogen (secondary N) is 1. The molecule has 1 N–H and O–H groups in total. The Morgan fingerprint density at radius 3 is 2.53 bits per heavy atom. The summed E-state index contributed by atoms with van der Waals surface area (Å²) in [5.74, 6) is 1.08. The third-order valence-electron chi connectivity index (χ3n) is 5.37. The smallest absolute Gasteiger partial charge is 0.244 e. The van der Waals surface area contributed by atoms with Gasteiger partial charge in [-0.15, -0.1) is 0 Å². The molecule has 1 atom stereocenters. The highest BCUT2D eigenvalue weighted by Gasteiger charge is 2.51. The number of carbonyl (C=O) groups excluding carboxylic acids is 1. The summed E-state index contributed by atoms with van der Waals surface area (Å²) in [5, 5.41) is 3.59. The summed E-state index contributed by atoms with van der Waals surface area (Å²) in [7, 11) is 2.19. The number of likely N-dealkylation sites (tertiary alicyclic amines) is 1. The molecule has 4 nitrogen and oxygen atoms in total. The topological polar surface area (TPSA) is 35.6 Å². The van der Waals surface area contributed by atoms with E-state index in [1.54, 1.807) is 0 Å². The Kier molecular flexibility index (Phi) is 3.56. The van der Waals surface area contributed by atoms with Crippen molar-refractivity contribution in [1.82, 2.24) is 15.1 Å². The summed E-state index contributed by atoms with van der Waals surface area (Å²) in [6.07, 6.45) is 7.19. The van der Waals surface area contributed by atoms with Gasteiger partial charge in [0.15, 0.2) is 0 Å². The number of amides is 1. The van der Waals surface area contributed by atoms with Crippen LogP contribution in [0.4, 0.5) is 0 Å². The molecular weight excluding hydrogens is 238 g/mol. The molecule has 0 bridgehead atoms. The van der Waals surface area contributed by atoms with E-state index < -0.39 is 0 Å². The lowest BCUT2D eigenvalue weighted by Crippen LogP contribution is -2.45. The molecule has 0 aromatic carbocycles. The second kappa shape index (κ2) is 5.06. The standard InChI is InChI=1S/C15H27N3O/c1-12-16-15(7-3-4-8-15)14(19)18(12)11-13-5-9-17(2)10-6-13/h12-13,16H,3-11H2,1-2H3. The SMILES string of the molecule is CC1NC2(CCCC2)C(=O)N1CC1CCN(C)CC1. The molecule has 2 aliphatic heterocycles. The zero-order valence-electron chi connectivity index (χ0n) is 12.3. The minimum atomic E-state index is -0.190. The van der Waals surface area contributed by atoms with Crippen LogP contribution >= 0.6 is 0 Å². The van der Waals surface area contributed by atoms with Crippen LogP contribution in [0.25, 0.3) is 0 Å². The molecule has 19 heavy (non-hydrogen) atoms. The minimum Gasteiger partial charge on any atom is -0.326 e. The lowest BCUT2D eigenvalue weighted by Gasteiger charge is -2.33. The van der Waals surface area contributed by atoms with Crippen molar-refractivity contribution in [1.29, 1.82) is 0 Å². The number of rotatable bonds is 2. The first-order valence-electron chi connectivity index (χ1n) is 7.88. The van der Waals surface area contributed by atoms with Gasteiger partial charge in [0.05, 0.1) is 11.7 Å². The summed E-state index contributed by atoms with van der Waals surface area (Å²) >= 11 is 0. The maximum absolute atomic E-state index is 12.7. The van der Waals surface area contributed by atoms with Gasteiger partial charge in [-0.05, 0) is 58.7 Å². The van der Waals surface area contributed by atoms with Gasteiger partial charge in [0.2, 0.25) is 5.91 Å². The highest BCUT2D eigenvalue weighted by Crippen LogP contribution is 2.37. The molecule has 0 radical (unpaired) electrons. The number of carbonyl (C=O) groups is 1. The number of hydrogen-bond donors (Lipinski definition) is 1. The van der Waals surface area contributed by atoms with Crippen LogP contribution in [0.3, 0.4) is 0 Å². The number of hydrogen-bond acceptors (Lipinski definition) is 3. The Morgan fingerprint density at radius 1 is 1.26 bits per heavy atom. The van der Waals surface area contributed by atoms with Gasteiger partial charge < -0.3 is 9.80 Å². The molecule has 1 spiro atoms. The van der Waals surface area contributed by atoms with Gasteiger partial charge in [-0.2, -0.15) is 0 Å². The molecule has 3 aliphatic rings. The van der Waals surface area contributed by atoms with Gasteiger partial charge in [-0.3, -0.25) is 10.1 Å². The fourth-order valence-corrected chi connectivity index (χ4v) is 4.09. The predicted molar refractivity (Wildman–Crippen MR) is 75.7 cm³/mol. The summed E-state index contributed by atoms with van der Waals surface area (Å²) < 4.78 is 0. The Balaban J connectivity index is 1.63. The zero-order valence-corrected chi connectivity index (χ0v) is 12.3. The van der Waals surface area contributed by atoms with E-state index >= 15 is 0 Å². The van der Waals surface area contributed by atoms with Crippen LogP contribution in [-0.4, -0.2) is 54.1 Å². The summed E-state index contributed by atoms with van der Waals surface area (Å²) in [5.41, 5.74) is -0.190. The van der Waals surface area contributed by atoms with Gasteiger partial charge in [0, 0.05) is 6.54 Å². The highest BCUT2D eigenvalue weighted by molar-refractivity contribution is 5.89. The van der Waals surface area contributed by atoms with Crippen LogP contribution in [0.15, 0.2) is 0 Å². The van der Waals surface area contributed by atoms with Crippen LogP contribution in [0.1, 0.15) is 45.4 Å². The predicted octanol–water partition coefficient (Wildman–Crippen LogP) is 1.42. The average Bonchev–Trinajstić information content (AvgIpc) is 2.94. The quantitative estimate of drug-likeness (QED) is 0.820. The molecule has 1 unspecified atom stereocenters. The molecule has 1 aliphatic carbocycles. The normalized spacial score (nSPS) is 32.6. The maximum atomic E-state index is 12.7. The van der Waals surface area contributed by atoms with Crippen molar-refractivity contribution in [3.8, 4) is 0 Å². The summed E-state index contributed by atoms with van der Waals surface area (Å²) in [4.78, 5) is 17.2. The fraction of sp³-hybridized carbons (Fsp3) is 0.933. The second-order valence-corrected chi connectivity index (χ2v) is 6.81. The van der Waals surface area contributed by atoms with E-state index in [2.05, 4.69) is 29.1 Å². The fourth-order valence-electron chi connectivity index (χ4n) is 4.09. The molecule has 0 aromatic heterocycles. The van der Waals surface area contributed by atoms with Crippen molar-refractivity contribution in [3.63, 3.8) is 0 Å². The van der Waals surface area contributed by atoms with Gasteiger partial charge in [0.1, 0.15) is 0 Å².